The minimum absolute atomic E-state index is 0.353. The number of benzene rings is 1. The molecule has 0 spiro atoms. The van der Waals surface area contributed by atoms with Gasteiger partial charge in [0.15, 0.2) is 0 Å². The number of hydrogen-bond donors (Lipinski definition) is 1. The van der Waals surface area contributed by atoms with Gasteiger partial charge < -0.3 is 14.8 Å². The van der Waals surface area contributed by atoms with Crippen molar-refractivity contribution in [1.82, 2.24) is 0 Å². The van der Waals surface area contributed by atoms with Crippen LogP contribution in [0.3, 0.4) is 0 Å². The summed E-state index contributed by atoms with van der Waals surface area (Å²) in [5, 5.41) is 5.45. The zero-order valence-corrected chi connectivity index (χ0v) is 10.7. The molecule has 0 unspecified atom stereocenters. The van der Waals surface area contributed by atoms with Gasteiger partial charge in [0.05, 0.1) is 19.9 Å². The van der Waals surface area contributed by atoms with E-state index in [4.69, 9.17) is 11.2 Å². The molecule has 1 rings (SSSR count). The van der Waals surface area contributed by atoms with Crippen LogP contribution in [0.15, 0.2) is 17.0 Å². The van der Waals surface area contributed by atoms with Gasteiger partial charge in [0.25, 0.3) is 0 Å². The fourth-order valence-corrected chi connectivity index (χ4v) is 1.92. The lowest BCUT2D eigenvalue weighted by Gasteiger charge is -2.12. The fourth-order valence-electron chi connectivity index (χ4n) is 1.34. The Labute approximate surface area is 105 Å². The van der Waals surface area contributed by atoms with Gasteiger partial charge in [0.1, 0.15) is 11.3 Å². The number of carbonyl (C=O) groups is 1. The van der Waals surface area contributed by atoms with Crippen molar-refractivity contribution in [2.45, 2.75) is 4.90 Å². The summed E-state index contributed by atoms with van der Waals surface area (Å²) in [7, 11) is 4.59. The molecule has 0 aliphatic carbocycles. The largest absolute Gasteiger partial charge is 0.496 e. The van der Waals surface area contributed by atoms with E-state index in [1.807, 2.05) is 0 Å². The molecule has 5 heteroatoms. The molecule has 1 aromatic carbocycles. The Morgan fingerprint density at radius 2 is 2.18 bits per heavy atom. The minimum atomic E-state index is -0.455. The van der Waals surface area contributed by atoms with Crippen LogP contribution < -0.4 is 10.1 Å². The standard InChI is InChI=1S/C12H13NO3S/c1-5-17-11-6-8(12(14)16-4)10(15-3)7-9(11)13-2/h1,6-7,13H,2-4H3. The maximum Gasteiger partial charge on any atom is 0.341 e. The quantitative estimate of drug-likeness (QED) is 0.505. The summed E-state index contributed by atoms with van der Waals surface area (Å²) in [6, 6.07) is 3.37. The van der Waals surface area contributed by atoms with Crippen LogP contribution in [-0.4, -0.2) is 27.2 Å². The molecule has 0 aromatic heterocycles. The Bertz CT molecular complexity index is 466. The Hall–Kier alpha value is -1.80. The number of rotatable bonds is 4. The second kappa shape index (κ2) is 6.06. The van der Waals surface area contributed by atoms with Gasteiger partial charge >= 0.3 is 5.97 Å². The summed E-state index contributed by atoms with van der Waals surface area (Å²) in [4.78, 5) is 12.3. The SMILES string of the molecule is C#CSc1cc(C(=O)OC)c(OC)cc1NC. The third-order valence-corrected chi connectivity index (χ3v) is 2.82. The minimum Gasteiger partial charge on any atom is -0.496 e. The van der Waals surface area contributed by atoms with Gasteiger partial charge in [-0.2, -0.15) is 0 Å². The molecule has 90 valence electrons. The monoisotopic (exact) mass is 251 g/mol. The lowest BCUT2D eigenvalue weighted by molar-refractivity contribution is 0.0597. The first-order chi connectivity index (χ1) is 8.17. The molecule has 17 heavy (non-hydrogen) atoms. The smallest absolute Gasteiger partial charge is 0.341 e. The van der Waals surface area contributed by atoms with Gasteiger partial charge in [-0.25, -0.2) is 4.79 Å². The summed E-state index contributed by atoms with van der Waals surface area (Å²) >= 11 is 1.19. The molecule has 4 nitrogen and oxygen atoms in total. The molecule has 0 bridgehead atoms. The molecule has 0 atom stereocenters. The van der Waals surface area contributed by atoms with Crippen LogP contribution in [0.1, 0.15) is 10.4 Å². The second-order valence-corrected chi connectivity index (χ2v) is 3.89. The lowest BCUT2D eigenvalue weighted by Crippen LogP contribution is -2.05. The lowest BCUT2D eigenvalue weighted by atomic mass is 10.2. The summed E-state index contributed by atoms with van der Waals surface area (Å²) in [6.45, 7) is 0. The maximum atomic E-state index is 11.6. The van der Waals surface area contributed by atoms with Crippen molar-refractivity contribution >= 4 is 23.4 Å². The molecule has 0 saturated heterocycles. The second-order valence-electron chi connectivity index (χ2n) is 3.01. The van der Waals surface area contributed by atoms with Crippen LogP contribution in [0.4, 0.5) is 5.69 Å². The molecule has 0 aliphatic rings. The van der Waals surface area contributed by atoms with Crippen LogP contribution in [0.2, 0.25) is 0 Å². The van der Waals surface area contributed by atoms with E-state index in [0.29, 0.717) is 11.3 Å². The molecule has 0 heterocycles. The molecular weight excluding hydrogens is 238 g/mol. The molecule has 0 saturated carbocycles. The highest BCUT2D eigenvalue weighted by molar-refractivity contribution is 8.04. The summed E-state index contributed by atoms with van der Waals surface area (Å²) in [5.41, 5.74) is 1.16. The van der Waals surface area contributed by atoms with E-state index in [1.54, 1.807) is 19.2 Å². The van der Waals surface area contributed by atoms with Crippen molar-refractivity contribution in [2.75, 3.05) is 26.6 Å². The number of terminal acetylenes is 1. The summed E-state index contributed by atoms with van der Waals surface area (Å²) in [5.74, 6) is -0.00838. The Balaban J connectivity index is 3.34. The van der Waals surface area contributed by atoms with E-state index in [-0.39, 0.29) is 0 Å². The van der Waals surface area contributed by atoms with Crippen molar-refractivity contribution < 1.29 is 14.3 Å². The number of carbonyl (C=O) groups excluding carboxylic acids is 1. The Morgan fingerprint density at radius 1 is 1.47 bits per heavy atom. The molecule has 0 aliphatic heterocycles. The van der Waals surface area contributed by atoms with E-state index in [2.05, 4.69) is 15.3 Å². The van der Waals surface area contributed by atoms with Gasteiger partial charge in [-0.3, -0.25) is 0 Å². The number of ether oxygens (including phenoxy) is 2. The van der Waals surface area contributed by atoms with Gasteiger partial charge in [0, 0.05) is 18.0 Å². The van der Waals surface area contributed by atoms with Crippen molar-refractivity contribution in [1.29, 1.82) is 0 Å². The third kappa shape index (κ3) is 2.86. The summed E-state index contributed by atoms with van der Waals surface area (Å²) < 4.78 is 9.83. The molecular formula is C12H13NO3S. The first kappa shape index (κ1) is 13.3. The molecule has 0 amide bonds. The first-order valence-corrected chi connectivity index (χ1v) is 5.60. The van der Waals surface area contributed by atoms with E-state index in [9.17, 15) is 4.79 Å². The average molecular weight is 251 g/mol. The zero-order chi connectivity index (χ0) is 12.8. The third-order valence-electron chi connectivity index (χ3n) is 2.15. The van der Waals surface area contributed by atoms with E-state index in [0.717, 1.165) is 10.6 Å². The highest BCUT2D eigenvalue weighted by Gasteiger charge is 2.16. The Kier molecular flexibility index (Phi) is 4.73. The van der Waals surface area contributed by atoms with E-state index >= 15 is 0 Å². The average Bonchev–Trinajstić information content (AvgIpc) is 2.37. The molecule has 0 radical (unpaired) electrons. The Morgan fingerprint density at radius 3 is 2.65 bits per heavy atom. The van der Waals surface area contributed by atoms with Gasteiger partial charge in [-0.15, -0.1) is 6.42 Å². The van der Waals surface area contributed by atoms with Gasteiger partial charge in [-0.1, -0.05) is 0 Å². The zero-order valence-electron chi connectivity index (χ0n) is 9.87. The van der Waals surface area contributed by atoms with E-state index < -0.39 is 5.97 Å². The van der Waals surface area contributed by atoms with Crippen LogP contribution in [0.25, 0.3) is 0 Å². The number of methoxy groups -OCH3 is 2. The molecule has 1 N–H and O–H groups in total. The van der Waals surface area contributed by atoms with Crippen LogP contribution >= 0.6 is 11.8 Å². The van der Waals surface area contributed by atoms with Crippen molar-refractivity contribution in [2.24, 2.45) is 0 Å². The number of hydrogen-bond acceptors (Lipinski definition) is 5. The van der Waals surface area contributed by atoms with Gasteiger partial charge in [0.2, 0.25) is 0 Å². The highest BCUT2D eigenvalue weighted by atomic mass is 32.2. The van der Waals surface area contributed by atoms with Crippen molar-refractivity contribution in [3.05, 3.63) is 17.7 Å². The van der Waals surface area contributed by atoms with Crippen molar-refractivity contribution in [3.8, 4) is 17.4 Å². The predicted molar refractivity (Wildman–Crippen MR) is 68.6 cm³/mol. The first-order valence-electron chi connectivity index (χ1n) is 4.78. The van der Waals surface area contributed by atoms with Crippen molar-refractivity contribution in [3.63, 3.8) is 0 Å². The topological polar surface area (TPSA) is 47.6 Å². The molecule has 1 aromatic rings. The summed E-state index contributed by atoms with van der Waals surface area (Å²) in [6.07, 6.45) is 5.25. The van der Waals surface area contributed by atoms with Crippen LogP contribution in [0, 0.1) is 11.7 Å². The van der Waals surface area contributed by atoms with Crippen LogP contribution in [0.5, 0.6) is 5.75 Å². The predicted octanol–water partition coefficient (Wildman–Crippen LogP) is 2.21. The number of anilines is 1. The highest BCUT2D eigenvalue weighted by Crippen LogP contribution is 2.33. The number of esters is 1. The maximum absolute atomic E-state index is 11.6. The number of nitrogens with one attached hydrogen (secondary N) is 1. The number of thioether (sulfide) groups is 1. The molecule has 0 fully saturated rings. The normalized spacial score (nSPS) is 9.29. The van der Waals surface area contributed by atoms with Crippen LogP contribution in [-0.2, 0) is 4.74 Å². The van der Waals surface area contributed by atoms with Gasteiger partial charge in [-0.05, 0) is 23.1 Å². The van der Waals surface area contributed by atoms with E-state index in [1.165, 1.54) is 26.0 Å². The fraction of sp³-hybridized carbons (Fsp3) is 0.250.